The Balaban J connectivity index is 1.65. The van der Waals surface area contributed by atoms with E-state index in [4.69, 9.17) is 33.2 Å². The van der Waals surface area contributed by atoms with Gasteiger partial charge < -0.3 is 53.8 Å². The van der Waals surface area contributed by atoms with Gasteiger partial charge in [-0.3, -0.25) is 9.59 Å². The Morgan fingerprint density at radius 2 is 1.70 bits per heavy atom. The Morgan fingerprint density at radius 1 is 1.06 bits per heavy atom. The van der Waals surface area contributed by atoms with Gasteiger partial charge in [0.05, 0.1) is 35.9 Å². The van der Waals surface area contributed by atoms with E-state index >= 15 is 0 Å². The first kappa shape index (κ1) is 42.1. The van der Waals surface area contributed by atoms with Crippen LogP contribution in [0.5, 0.6) is 0 Å². The number of carbonyl (C=O) groups is 4. The lowest BCUT2D eigenvalue weighted by molar-refractivity contribution is -0.393. The number of nitrogens with one attached hydrogen (secondary N) is 1. The summed E-state index contributed by atoms with van der Waals surface area (Å²) in [4.78, 5) is 52.5. The number of hydrogen-bond acceptors (Lipinski definition) is 14. The SMILES string of the molecule is C=CC1O[C@H]2C[C@H]3OC[C@@]3(OC(C)=O)[C@H]3[C@H](O)[C@]4(C(C)(C)O)C[C@H](OC(=O)[C@H](O)C(CC(C)C)NC(=O)OC(C)(C)C)C(C)=C4[C@H](OC(C)=O)[C@H](O1)[C@]23C. The fourth-order valence-corrected chi connectivity index (χ4v) is 9.94. The molecule has 5 rings (SSSR count). The quantitative estimate of drug-likeness (QED) is 0.143. The van der Waals surface area contributed by atoms with Gasteiger partial charge in [0.1, 0.15) is 23.9 Å². The van der Waals surface area contributed by atoms with E-state index in [1.165, 1.54) is 33.8 Å². The van der Waals surface area contributed by atoms with Crippen molar-refractivity contribution in [2.24, 2.45) is 22.7 Å². The molecule has 4 N–H and O–H groups in total. The van der Waals surface area contributed by atoms with Crippen LogP contribution in [-0.4, -0.2) is 118 Å². The van der Waals surface area contributed by atoms with Gasteiger partial charge in [0.2, 0.25) is 0 Å². The lowest BCUT2D eigenvalue weighted by atomic mass is 9.49. The van der Waals surface area contributed by atoms with Crippen LogP contribution in [0, 0.1) is 22.7 Å². The minimum absolute atomic E-state index is 0.0521. The largest absolute Gasteiger partial charge is 0.456 e. The molecule has 0 aromatic carbocycles. The number of fused-ring (bicyclic) bond motifs is 3. The van der Waals surface area contributed by atoms with E-state index in [2.05, 4.69) is 11.9 Å². The van der Waals surface area contributed by atoms with E-state index in [-0.39, 0.29) is 37.4 Å². The van der Waals surface area contributed by atoms with Gasteiger partial charge in [0.25, 0.3) is 0 Å². The van der Waals surface area contributed by atoms with Crippen molar-refractivity contribution in [3.63, 3.8) is 0 Å². The topological polar surface area (TPSA) is 206 Å². The van der Waals surface area contributed by atoms with E-state index in [1.54, 1.807) is 27.7 Å². The number of aliphatic hydroxyl groups is 3. The minimum atomic E-state index is -1.83. The molecule has 2 aliphatic heterocycles. The zero-order valence-corrected chi connectivity index (χ0v) is 33.3. The van der Waals surface area contributed by atoms with Crippen molar-refractivity contribution >= 4 is 24.0 Å². The van der Waals surface area contributed by atoms with Crippen molar-refractivity contribution in [3.8, 4) is 0 Å². The molecule has 0 aromatic heterocycles. The zero-order chi connectivity index (χ0) is 40.5. The average Bonchev–Trinajstić information content (AvgIpc) is 3.28. The maximum atomic E-state index is 13.9. The number of amides is 1. The van der Waals surface area contributed by atoms with Gasteiger partial charge in [0.15, 0.2) is 24.1 Å². The molecule has 304 valence electrons. The highest BCUT2D eigenvalue weighted by molar-refractivity contribution is 5.77. The number of hydrogen-bond donors (Lipinski definition) is 4. The predicted octanol–water partition coefficient (Wildman–Crippen LogP) is 3.01. The molecule has 0 bridgehead atoms. The van der Waals surface area contributed by atoms with E-state index in [9.17, 15) is 34.5 Å². The summed E-state index contributed by atoms with van der Waals surface area (Å²) in [5, 5.41) is 39.5. The molecular weight excluding hydrogens is 706 g/mol. The predicted molar refractivity (Wildman–Crippen MR) is 190 cm³/mol. The van der Waals surface area contributed by atoms with Crippen molar-refractivity contribution in [1.29, 1.82) is 0 Å². The number of rotatable bonds is 10. The highest BCUT2D eigenvalue weighted by Gasteiger charge is 2.80. The summed E-state index contributed by atoms with van der Waals surface area (Å²) in [7, 11) is 0. The highest BCUT2D eigenvalue weighted by atomic mass is 16.7. The molecule has 54 heavy (non-hydrogen) atoms. The molecule has 0 radical (unpaired) electrons. The highest BCUT2D eigenvalue weighted by Crippen LogP contribution is 2.69. The fraction of sp³-hybridized carbons (Fsp3) is 0.795. The van der Waals surface area contributed by atoms with E-state index in [0.717, 1.165) is 0 Å². The van der Waals surface area contributed by atoms with Crippen molar-refractivity contribution < 1.29 is 67.7 Å². The Kier molecular flexibility index (Phi) is 11.3. The van der Waals surface area contributed by atoms with E-state index < -0.39 is 113 Å². The molecule has 3 aliphatic carbocycles. The number of aliphatic hydroxyl groups excluding tert-OH is 2. The lowest BCUT2D eigenvalue weighted by Crippen LogP contribution is -2.80. The Morgan fingerprint density at radius 3 is 2.20 bits per heavy atom. The lowest BCUT2D eigenvalue weighted by Gasteiger charge is -2.67. The molecule has 5 aliphatic rings. The third kappa shape index (κ3) is 6.97. The van der Waals surface area contributed by atoms with Gasteiger partial charge in [-0.25, -0.2) is 9.59 Å². The van der Waals surface area contributed by atoms with E-state index in [0.29, 0.717) is 5.57 Å². The van der Waals surface area contributed by atoms with Crippen LogP contribution in [0.2, 0.25) is 0 Å². The maximum Gasteiger partial charge on any atom is 0.407 e. The molecule has 0 aromatic rings. The second kappa shape index (κ2) is 14.5. The van der Waals surface area contributed by atoms with Crippen LogP contribution in [0.25, 0.3) is 0 Å². The van der Waals surface area contributed by atoms with Crippen LogP contribution >= 0.6 is 0 Å². The normalized spacial score (nSPS) is 38.4. The first-order valence-electron chi connectivity index (χ1n) is 18.8. The number of esters is 3. The summed E-state index contributed by atoms with van der Waals surface area (Å²) in [6.45, 7) is 21.6. The Hall–Kier alpha value is -3.08. The van der Waals surface area contributed by atoms with Crippen LogP contribution in [0.15, 0.2) is 23.8 Å². The molecule has 13 atom stereocenters. The Bertz CT molecular complexity index is 1550. The smallest absolute Gasteiger partial charge is 0.407 e. The number of alkyl carbamates (subject to hydrolysis) is 1. The van der Waals surface area contributed by atoms with Gasteiger partial charge >= 0.3 is 24.0 Å². The van der Waals surface area contributed by atoms with Crippen molar-refractivity contribution in [2.75, 3.05) is 6.61 Å². The van der Waals surface area contributed by atoms with Crippen LogP contribution < -0.4 is 5.32 Å². The molecule has 2 saturated carbocycles. The van der Waals surface area contributed by atoms with Gasteiger partial charge in [0, 0.05) is 38.0 Å². The summed E-state index contributed by atoms with van der Waals surface area (Å²) in [5.74, 6) is -3.44. The average molecular weight is 766 g/mol. The van der Waals surface area contributed by atoms with E-state index in [1.807, 2.05) is 20.8 Å². The van der Waals surface area contributed by atoms with Crippen molar-refractivity contribution in [3.05, 3.63) is 23.8 Å². The first-order valence-corrected chi connectivity index (χ1v) is 18.8. The summed E-state index contributed by atoms with van der Waals surface area (Å²) >= 11 is 0. The zero-order valence-electron chi connectivity index (χ0n) is 33.3. The molecule has 1 amide bonds. The minimum Gasteiger partial charge on any atom is -0.456 e. The summed E-state index contributed by atoms with van der Waals surface area (Å²) in [6.07, 6.45) is -8.35. The number of ether oxygens (including phenoxy) is 7. The van der Waals surface area contributed by atoms with Gasteiger partial charge in [-0.1, -0.05) is 27.4 Å². The Labute approximate surface area is 317 Å². The van der Waals surface area contributed by atoms with Gasteiger partial charge in [-0.05, 0) is 71.1 Å². The van der Waals surface area contributed by atoms with Gasteiger partial charge in [-0.15, -0.1) is 0 Å². The molecule has 15 nitrogen and oxygen atoms in total. The summed E-state index contributed by atoms with van der Waals surface area (Å²) in [5.41, 5.74) is -6.36. The maximum absolute atomic E-state index is 13.9. The van der Waals surface area contributed by atoms with Crippen LogP contribution in [0.4, 0.5) is 4.79 Å². The summed E-state index contributed by atoms with van der Waals surface area (Å²) < 4.78 is 42.7. The van der Waals surface area contributed by atoms with Crippen LogP contribution in [-0.2, 0) is 47.5 Å². The monoisotopic (exact) mass is 765 g/mol. The molecule has 2 unspecified atom stereocenters. The molecular formula is C39H59NO14. The summed E-state index contributed by atoms with van der Waals surface area (Å²) in [6, 6.07) is -1.08. The van der Waals surface area contributed by atoms with Crippen molar-refractivity contribution in [1.82, 2.24) is 5.32 Å². The molecule has 2 heterocycles. The molecule has 0 spiro atoms. The van der Waals surface area contributed by atoms with Gasteiger partial charge in [-0.2, -0.15) is 0 Å². The standard InChI is InChI=1S/C39H59NO14/c1-13-26-51-24-15-25-39(17-48-25,53-21(6)42)30-31(44)38(36(10,11)47)16-23(19(4)27(38)29(49-20(5)41)32(52-26)37(24,30)12)50-33(45)28(43)22(14-18(2)3)40-34(46)54-35(7,8)9/h13,18,22-26,28-32,43-44,47H,1,14-17H2,2-12H3,(H,40,46)/t22?,23-,24-,25+,26?,28+,29-,30-,31-,32-,37+,38-,39-/m0/s1. The molecule has 15 heteroatoms. The first-order chi connectivity index (χ1) is 24.8. The fourth-order valence-electron chi connectivity index (χ4n) is 9.94. The van der Waals surface area contributed by atoms with Crippen LogP contribution in [0.3, 0.4) is 0 Å². The van der Waals surface area contributed by atoms with Crippen molar-refractivity contribution in [2.45, 2.75) is 167 Å². The third-order valence-electron chi connectivity index (χ3n) is 12.1. The second-order valence-corrected chi connectivity index (χ2v) is 17.8. The molecule has 2 saturated heterocycles. The second-order valence-electron chi connectivity index (χ2n) is 17.8. The number of carbonyl (C=O) groups excluding carboxylic acids is 4. The van der Waals surface area contributed by atoms with Crippen LogP contribution in [0.1, 0.15) is 95.4 Å². The third-order valence-corrected chi connectivity index (χ3v) is 12.1. The molecule has 4 fully saturated rings.